The second kappa shape index (κ2) is 39.9. The molecule has 8 amide bonds. The standard InChI is InChI=1S/C56H103N13O13/c1-9-33(6)12-10-11-13-39(72)28-36(14-20-57)50(76)68-47(34(7)70)46(74)29-37(15-21-58)49(75)64-43-19-25-62-56(82)48(35(8)71)69-54(80)42(18-24-61)65-52(78)41(17-23-60)66-55(81)44(27-32(4)5)67-51(77)38(26-31(2)3)30-45(73)40(16-22-59)63-53(43)79/h31-38,40-44,47-48,70-71H,9-30,57-61H2,1-8H3,(H,62,82)(H,63,79)(H,64,75)(H,65,78)(H,66,81)(H,67,77)(H,68,76)(H,69,80)/t33-,34+,35+,36+,37+,38-,40-,41-,42-,43-,44-,47-,48-/m0/s1. The van der Waals surface area contributed by atoms with Crippen molar-refractivity contribution in [2.24, 2.45) is 64.2 Å². The van der Waals surface area contributed by atoms with Gasteiger partial charge in [-0.05, 0) is 122 Å². The Labute approximate surface area is 484 Å². The first-order chi connectivity index (χ1) is 38.7. The van der Waals surface area contributed by atoms with E-state index in [1.165, 1.54) is 13.8 Å². The molecule has 0 aliphatic carbocycles. The van der Waals surface area contributed by atoms with Gasteiger partial charge in [0.25, 0.3) is 0 Å². The van der Waals surface area contributed by atoms with Crippen molar-refractivity contribution in [1.29, 1.82) is 0 Å². The number of Topliss-reactive ketones (excluding diaryl/α,β-unsaturated/α-hetero) is 3. The van der Waals surface area contributed by atoms with Crippen LogP contribution in [-0.2, 0) is 52.7 Å². The van der Waals surface area contributed by atoms with E-state index in [-0.39, 0.29) is 108 Å². The lowest BCUT2D eigenvalue weighted by molar-refractivity contribution is -0.137. The van der Waals surface area contributed by atoms with Gasteiger partial charge in [-0.2, -0.15) is 0 Å². The quantitative estimate of drug-likeness (QED) is 0.0329. The Bertz CT molecular complexity index is 2060. The Kier molecular flexibility index (Phi) is 36.2. The van der Waals surface area contributed by atoms with Gasteiger partial charge in [-0.3, -0.25) is 52.7 Å². The number of hydrogen-bond acceptors (Lipinski definition) is 18. The van der Waals surface area contributed by atoms with Gasteiger partial charge in [0, 0.05) is 50.0 Å². The molecule has 20 N–H and O–H groups in total. The molecule has 1 saturated heterocycles. The fourth-order valence-electron chi connectivity index (χ4n) is 9.63. The number of unbranched alkanes of at least 4 members (excludes halogenated alkanes) is 1. The molecule has 26 heteroatoms. The highest BCUT2D eigenvalue weighted by Crippen LogP contribution is 2.21. The van der Waals surface area contributed by atoms with Crippen molar-refractivity contribution in [3.63, 3.8) is 0 Å². The summed E-state index contributed by atoms with van der Waals surface area (Å²) >= 11 is 0. The van der Waals surface area contributed by atoms with E-state index in [0.29, 0.717) is 12.3 Å². The lowest BCUT2D eigenvalue weighted by Crippen LogP contribution is -2.60. The molecule has 0 unspecified atom stereocenters. The number of nitrogens with two attached hydrogens (primary N) is 5. The van der Waals surface area contributed by atoms with Crippen molar-refractivity contribution < 1.29 is 63.0 Å². The molecule has 0 saturated carbocycles. The van der Waals surface area contributed by atoms with Crippen LogP contribution in [0.2, 0.25) is 0 Å². The zero-order chi connectivity index (χ0) is 62.2. The summed E-state index contributed by atoms with van der Waals surface area (Å²) in [6.07, 6.45) is -0.888. The van der Waals surface area contributed by atoms with E-state index in [4.69, 9.17) is 28.7 Å². The van der Waals surface area contributed by atoms with E-state index < -0.39 is 157 Å². The number of carbonyl (C=O) groups excluding carboxylic acids is 11. The molecule has 1 heterocycles. The summed E-state index contributed by atoms with van der Waals surface area (Å²) in [5.74, 6) is -11.2. The second-order valence-corrected chi connectivity index (χ2v) is 22.9. The summed E-state index contributed by atoms with van der Waals surface area (Å²) < 4.78 is 0. The molecule has 0 aromatic heterocycles. The number of hydrogen-bond donors (Lipinski definition) is 15. The molecule has 0 spiro atoms. The Balaban J connectivity index is 3.81. The Morgan fingerprint density at radius 3 is 1.61 bits per heavy atom. The van der Waals surface area contributed by atoms with Crippen LogP contribution in [0.5, 0.6) is 0 Å². The van der Waals surface area contributed by atoms with Crippen LogP contribution in [-0.4, -0.2) is 169 Å². The first kappa shape index (κ1) is 74.5. The van der Waals surface area contributed by atoms with Gasteiger partial charge < -0.3 is 81.4 Å². The van der Waals surface area contributed by atoms with Gasteiger partial charge >= 0.3 is 0 Å². The van der Waals surface area contributed by atoms with Gasteiger partial charge in [-0.25, -0.2) is 0 Å². The summed E-state index contributed by atoms with van der Waals surface area (Å²) in [6, 6.07) is -10.0. The number of nitrogens with one attached hydrogen (secondary N) is 8. The third-order valence-corrected chi connectivity index (χ3v) is 14.6. The lowest BCUT2D eigenvalue weighted by atomic mass is 9.88. The van der Waals surface area contributed by atoms with Crippen LogP contribution >= 0.6 is 0 Å². The van der Waals surface area contributed by atoms with Crippen LogP contribution in [0.4, 0.5) is 0 Å². The van der Waals surface area contributed by atoms with Crippen LogP contribution in [0.15, 0.2) is 0 Å². The third kappa shape index (κ3) is 27.7. The van der Waals surface area contributed by atoms with Gasteiger partial charge in [0.2, 0.25) is 47.3 Å². The molecule has 1 aliphatic heterocycles. The van der Waals surface area contributed by atoms with Crippen molar-refractivity contribution in [1.82, 2.24) is 42.5 Å². The first-order valence-corrected chi connectivity index (χ1v) is 29.5. The van der Waals surface area contributed by atoms with Gasteiger partial charge in [-0.15, -0.1) is 0 Å². The molecule has 82 heavy (non-hydrogen) atoms. The maximum Gasteiger partial charge on any atom is 0.245 e. The van der Waals surface area contributed by atoms with Crippen LogP contribution < -0.4 is 71.2 Å². The van der Waals surface area contributed by atoms with E-state index in [2.05, 4.69) is 56.4 Å². The molecule has 470 valence electrons. The highest BCUT2D eigenvalue weighted by Gasteiger charge is 2.38. The fraction of sp³-hybridized carbons (Fsp3) is 0.804. The third-order valence-electron chi connectivity index (χ3n) is 14.6. The summed E-state index contributed by atoms with van der Waals surface area (Å²) in [4.78, 5) is 153. The highest BCUT2D eigenvalue weighted by atomic mass is 16.3. The molecule has 26 nitrogen and oxygen atoms in total. The van der Waals surface area contributed by atoms with Gasteiger partial charge in [0.15, 0.2) is 11.6 Å². The summed E-state index contributed by atoms with van der Waals surface area (Å²) in [5.41, 5.74) is 29.4. The number of aliphatic hydroxyl groups excluding tert-OH is 2. The van der Waals surface area contributed by atoms with E-state index in [1.54, 1.807) is 0 Å². The van der Waals surface area contributed by atoms with Crippen molar-refractivity contribution in [2.75, 3.05) is 39.3 Å². The summed E-state index contributed by atoms with van der Waals surface area (Å²) in [7, 11) is 0. The average Bonchev–Trinajstić information content (AvgIpc) is 3.41. The van der Waals surface area contributed by atoms with Gasteiger partial charge in [0.1, 0.15) is 42.0 Å². The maximum absolute atomic E-state index is 14.5. The lowest BCUT2D eigenvalue weighted by Gasteiger charge is -2.28. The maximum atomic E-state index is 14.5. The Hall–Kier alpha value is -5.51. The highest BCUT2D eigenvalue weighted by molar-refractivity contribution is 5.99. The van der Waals surface area contributed by atoms with Crippen molar-refractivity contribution in [2.45, 2.75) is 213 Å². The molecule has 1 rings (SSSR count). The number of carbonyl (C=O) groups is 11. The van der Waals surface area contributed by atoms with Crippen molar-refractivity contribution in [3.05, 3.63) is 0 Å². The summed E-state index contributed by atoms with van der Waals surface area (Å²) in [5, 5.41) is 42.3. The molecular formula is C56H103N13O13. The van der Waals surface area contributed by atoms with Crippen LogP contribution in [0.3, 0.4) is 0 Å². The van der Waals surface area contributed by atoms with Crippen molar-refractivity contribution >= 4 is 64.6 Å². The Morgan fingerprint density at radius 1 is 0.585 bits per heavy atom. The van der Waals surface area contributed by atoms with E-state index >= 15 is 0 Å². The van der Waals surface area contributed by atoms with E-state index in [9.17, 15) is 63.0 Å². The summed E-state index contributed by atoms with van der Waals surface area (Å²) in [6.45, 7) is 13.2. The largest absolute Gasteiger partial charge is 0.391 e. The Morgan fingerprint density at radius 2 is 1.10 bits per heavy atom. The van der Waals surface area contributed by atoms with Crippen LogP contribution in [0.1, 0.15) is 158 Å². The first-order valence-electron chi connectivity index (χ1n) is 29.5. The topological polar surface area (TPSA) is 455 Å². The normalized spacial score (nSPS) is 23.6. The molecule has 0 aromatic rings. The molecule has 1 fully saturated rings. The van der Waals surface area contributed by atoms with E-state index in [1.807, 2.05) is 27.7 Å². The minimum atomic E-state index is -1.66. The molecule has 0 bridgehead atoms. The predicted octanol–water partition coefficient (Wildman–Crippen LogP) is -2.17. The number of aliphatic hydroxyl groups is 2. The average molecular weight is 1170 g/mol. The fourth-order valence-corrected chi connectivity index (χ4v) is 9.63. The number of rotatable bonds is 31. The number of amides is 8. The zero-order valence-electron chi connectivity index (χ0n) is 50.0. The second-order valence-electron chi connectivity index (χ2n) is 22.9. The molecule has 1 aliphatic rings. The SMILES string of the molecule is CC[C@H](C)CCCCC(=O)C[C@@H](CCN)C(=O)N[C@H](C(=O)C[C@@H](CCN)C(=O)N[C@H]1CCNC(=O)[C@H]([C@@H](C)O)NC(=O)[C@H](CCN)NC(=O)[C@H](CCN)NC(=O)[C@H](CC(C)C)NC(=O)[C@@H](CC(C)C)CC(=O)[C@H](CCN)NC1=O)[C@@H](C)O. The number of ketones is 3. The van der Waals surface area contributed by atoms with E-state index in [0.717, 1.165) is 19.3 Å². The molecule has 13 atom stereocenters. The molecule has 0 aromatic carbocycles. The van der Waals surface area contributed by atoms with Crippen molar-refractivity contribution in [3.8, 4) is 0 Å². The minimum Gasteiger partial charge on any atom is -0.391 e. The minimum absolute atomic E-state index is 0.0613. The zero-order valence-corrected chi connectivity index (χ0v) is 50.0. The smallest absolute Gasteiger partial charge is 0.245 e. The van der Waals surface area contributed by atoms with Gasteiger partial charge in [-0.1, -0.05) is 60.8 Å². The van der Waals surface area contributed by atoms with Crippen LogP contribution in [0.25, 0.3) is 0 Å². The monoisotopic (exact) mass is 1170 g/mol. The molecule has 0 radical (unpaired) electrons. The molecular weight excluding hydrogens is 1060 g/mol. The predicted molar refractivity (Wildman–Crippen MR) is 309 cm³/mol. The van der Waals surface area contributed by atoms with Gasteiger partial charge in [0.05, 0.1) is 18.2 Å². The van der Waals surface area contributed by atoms with Crippen LogP contribution in [0, 0.1) is 35.5 Å².